The lowest BCUT2D eigenvalue weighted by Crippen LogP contribution is -2.47. The predicted molar refractivity (Wildman–Crippen MR) is 117 cm³/mol. The molecular weight excluding hydrogens is 387 g/mol. The SMILES string of the molecule is CNCC(=O)N1CCC[C@H]1C1=Nc2ccc(B3OC(C)(C)C(C)(C)O3)cc2SN1. The third kappa shape index (κ3) is 3.81. The summed E-state index contributed by atoms with van der Waals surface area (Å²) < 4.78 is 15.7. The van der Waals surface area contributed by atoms with Crippen molar-refractivity contribution in [2.75, 3.05) is 20.1 Å². The van der Waals surface area contributed by atoms with Gasteiger partial charge < -0.3 is 24.2 Å². The molecule has 1 aromatic carbocycles. The third-order valence-electron chi connectivity index (χ3n) is 6.23. The van der Waals surface area contributed by atoms with Gasteiger partial charge in [-0.25, -0.2) is 4.99 Å². The number of rotatable bonds is 4. The average Bonchev–Trinajstić information content (AvgIpc) is 3.23. The van der Waals surface area contributed by atoms with Gasteiger partial charge in [0.15, 0.2) is 0 Å². The number of fused-ring (bicyclic) bond motifs is 1. The topological polar surface area (TPSA) is 75.2 Å². The van der Waals surface area contributed by atoms with Crippen molar-refractivity contribution in [3.63, 3.8) is 0 Å². The van der Waals surface area contributed by atoms with Crippen molar-refractivity contribution in [3.05, 3.63) is 18.2 Å². The summed E-state index contributed by atoms with van der Waals surface area (Å²) in [5.41, 5.74) is 1.17. The molecule has 3 aliphatic rings. The summed E-state index contributed by atoms with van der Waals surface area (Å²) in [5.74, 6) is 0.972. The Morgan fingerprint density at radius 2 is 2.07 bits per heavy atom. The van der Waals surface area contributed by atoms with Crippen LogP contribution >= 0.6 is 11.9 Å². The van der Waals surface area contributed by atoms with Gasteiger partial charge in [-0.05, 0) is 77.1 Å². The molecule has 2 N–H and O–H groups in total. The van der Waals surface area contributed by atoms with Gasteiger partial charge in [-0.15, -0.1) is 0 Å². The molecule has 2 saturated heterocycles. The Bertz CT molecular complexity index is 829. The number of carbonyl (C=O) groups is 1. The summed E-state index contributed by atoms with van der Waals surface area (Å²) in [6, 6.07) is 6.12. The molecule has 0 unspecified atom stereocenters. The number of amidine groups is 1. The standard InChI is InChI=1S/C20H29BN4O3S/c1-19(2)20(3,4)28-21(27-19)13-8-9-14-16(11-13)29-24-18(23-14)15-7-6-10-25(15)17(26)12-22-5/h8-9,11,15,22H,6-7,10,12H2,1-5H3,(H,23,24)/t15-/m0/s1. The first-order valence-corrected chi connectivity index (χ1v) is 11.0. The van der Waals surface area contributed by atoms with E-state index in [1.165, 1.54) is 11.9 Å². The zero-order valence-corrected chi connectivity index (χ0v) is 18.6. The molecule has 4 rings (SSSR count). The molecule has 156 valence electrons. The van der Waals surface area contributed by atoms with Crippen molar-refractivity contribution < 1.29 is 14.1 Å². The van der Waals surface area contributed by atoms with E-state index in [2.05, 4.69) is 43.8 Å². The molecule has 0 spiro atoms. The molecule has 0 radical (unpaired) electrons. The van der Waals surface area contributed by atoms with E-state index in [9.17, 15) is 4.79 Å². The fraction of sp³-hybridized carbons (Fsp3) is 0.600. The molecule has 0 bridgehead atoms. The second kappa shape index (κ2) is 7.61. The number of hydrogen-bond donors (Lipinski definition) is 2. The number of nitrogens with one attached hydrogen (secondary N) is 2. The number of aliphatic imine (C=N–C) groups is 1. The lowest BCUT2D eigenvalue weighted by atomic mass is 9.79. The number of likely N-dealkylation sites (N-methyl/N-ethyl adjacent to an activating group) is 1. The zero-order valence-electron chi connectivity index (χ0n) is 17.7. The van der Waals surface area contributed by atoms with Crippen molar-refractivity contribution in [1.29, 1.82) is 0 Å². The molecule has 1 atom stereocenters. The van der Waals surface area contributed by atoms with Gasteiger partial charge in [0, 0.05) is 6.54 Å². The van der Waals surface area contributed by atoms with Crippen LogP contribution in [0.4, 0.5) is 5.69 Å². The molecule has 9 heteroatoms. The molecule has 0 aromatic heterocycles. The molecule has 7 nitrogen and oxygen atoms in total. The van der Waals surface area contributed by atoms with Gasteiger partial charge in [-0.2, -0.15) is 0 Å². The molecule has 3 heterocycles. The van der Waals surface area contributed by atoms with Crippen LogP contribution in [0.2, 0.25) is 0 Å². The smallest absolute Gasteiger partial charge is 0.399 e. The van der Waals surface area contributed by atoms with Gasteiger partial charge in [0.05, 0.1) is 34.4 Å². The van der Waals surface area contributed by atoms with Crippen molar-refractivity contribution in [2.24, 2.45) is 4.99 Å². The van der Waals surface area contributed by atoms with Crippen LogP contribution in [0.1, 0.15) is 40.5 Å². The Labute approximate surface area is 177 Å². The van der Waals surface area contributed by atoms with Crippen LogP contribution in [0.3, 0.4) is 0 Å². The van der Waals surface area contributed by atoms with Crippen LogP contribution in [0.15, 0.2) is 28.1 Å². The summed E-state index contributed by atoms with van der Waals surface area (Å²) in [4.78, 5) is 20.2. The summed E-state index contributed by atoms with van der Waals surface area (Å²) in [6.45, 7) is 9.36. The van der Waals surface area contributed by atoms with Crippen LogP contribution < -0.4 is 15.5 Å². The maximum atomic E-state index is 12.4. The number of nitrogens with zero attached hydrogens (tertiary/aromatic N) is 2. The van der Waals surface area contributed by atoms with E-state index in [0.29, 0.717) is 6.54 Å². The molecular formula is C20H29BN4O3S. The van der Waals surface area contributed by atoms with E-state index in [-0.39, 0.29) is 30.3 Å². The van der Waals surface area contributed by atoms with Gasteiger partial charge >= 0.3 is 7.12 Å². The first-order chi connectivity index (χ1) is 13.7. The van der Waals surface area contributed by atoms with E-state index in [1.807, 2.05) is 17.0 Å². The summed E-state index contributed by atoms with van der Waals surface area (Å²) in [7, 11) is 1.41. The highest BCUT2D eigenvalue weighted by Gasteiger charge is 2.51. The first-order valence-electron chi connectivity index (χ1n) is 10.2. The van der Waals surface area contributed by atoms with Crippen LogP contribution in [0.25, 0.3) is 0 Å². The molecule has 3 aliphatic heterocycles. The second-order valence-corrected chi connectivity index (χ2v) is 9.64. The second-order valence-electron chi connectivity index (χ2n) is 8.79. The quantitative estimate of drug-likeness (QED) is 0.577. The number of amides is 1. The Hall–Kier alpha value is -1.55. The zero-order chi connectivity index (χ0) is 20.8. The third-order valence-corrected chi connectivity index (χ3v) is 7.09. The number of benzene rings is 1. The monoisotopic (exact) mass is 416 g/mol. The van der Waals surface area contributed by atoms with Crippen molar-refractivity contribution in [1.82, 2.24) is 14.9 Å². The normalized spacial score (nSPS) is 24.9. The summed E-state index contributed by atoms with van der Waals surface area (Å²) >= 11 is 1.54. The molecule has 2 fully saturated rings. The lowest BCUT2D eigenvalue weighted by molar-refractivity contribution is -0.129. The number of hydrogen-bond acceptors (Lipinski definition) is 7. The minimum absolute atomic E-state index is 0.0132. The predicted octanol–water partition coefficient (Wildman–Crippen LogP) is 1.84. The highest BCUT2D eigenvalue weighted by Crippen LogP contribution is 2.38. The maximum Gasteiger partial charge on any atom is 0.494 e. The fourth-order valence-corrected chi connectivity index (χ4v) is 4.64. The van der Waals surface area contributed by atoms with Gasteiger partial charge in [0.1, 0.15) is 5.84 Å². The Morgan fingerprint density at radius 1 is 1.34 bits per heavy atom. The summed E-state index contributed by atoms with van der Waals surface area (Å²) in [5, 5.41) is 2.95. The number of carbonyl (C=O) groups excluding carboxylic acids is 1. The molecule has 0 saturated carbocycles. The largest absolute Gasteiger partial charge is 0.494 e. The van der Waals surface area contributed by atoms with Crippen LogP contribution in [-0.4, -0.2) is 61.1 Å². The summed E-state index contributed by atoms with van der Waals surface area (Å²) in [6.07, 6.45) is 1.93. The van der Waals surface area contributed by atoms with Gasteiger partial charge in [0.2, 0.25) is 5.91 Å². The number of likely N-dealkylation sites (tertiary alicyclic amines) is 1. The molecule has 29 heavy (non-hydrogen) atoms. The van der Waals surface area contributed by atoms with Crippen LogP contribution in [-0.2, 0) is 14.1 Å². The van der Waals surface area contributed by atoms with Crippen LogP contribution in [0.5, 0.6) is 0 Å². The van der Waals surface area contributed by atoms with Crippen LogP contribution in [0, 0.1) is 0 Å². The Balaban J connectivity index is 1.54. The molecule has 1 aromatic rings. The van der Waals surface area contributed by atoms with Crippen molar-refractivity contribution in [3.8, 4) is 0 Å². The Morgan fingerprint density at radius 3 is 2.76 bits per heavy atom. The highest BCUT2D eigenvalue weighted by molar-refractivity contribution is 7.98. The van der Waals surface area contributed by atoms with E-state index >= 15 is 0 Å². The minimum atomic E-state index is -0.388. The van der Waals surface area contributed by atoms with E-state index in [4.69, 9.17) is 14.3 Å². The van der Waals surface area contributed by atoms with Gasteiger partial charge in [-0.3, -0.25) is 4.79 Å². The van der Waals surface area contributed by atoms with E-state index in [1.54, 1.807) is 7.05 Å². The molecule has 1 amide bonds. The minimum Gasteiger partial charge on any atom is -0.399 e. The van der Waals surface area contributed by atoms with Crippen molar-refractivity contribution in [2.45, 2.75) is 62.7 Å². The Kier molecular flexibility index (Phi) is 5.44. The van der Waals surface area contributed by atoms with Gasteiger partial charge in [0.25, 0.3) is 0 Å². The fourth-order valence-electron chi connectivity index (χ4n) is 3.84. The van der Waals surface area contributed by atoms with E-state index in [0.717, 1.165) is 41.3 Å². The average molecular weight is 416 g/mol. The highest BCUT2D eigenvalue weighted by atomic mass is 32.2. The van der Waals surface area contributed by atoms with E-state index < -0.39 is 0 Å². The maximum absolute atomic E-state index is 12.4. The molecule has 0 aliphatic carbocycles. The van der Waals surface area contributed by atoms with Gasteiger partial charge in [-0.1, -0.05) is 6.07 Å². The first kappa shape index (κ1) is 20.7. The lowest BCUT2D eigenvalue weighted by Gasteiger charge is -2.32. The van der Waals surface area contributed by atoms with Crippen molar-refractivity contribution >= 4 is 42.0 Å².